The molecule has 434 valence electrons. The molecule has 0 aliphatic rings. The highest BCUT2D eigenvalue weighted by molar-refractivity contribution is 7.87. The van der Waals surface area contributed by atoms with Crippen molar-refractivity contribution in [3.63, 3.8) is 0 Å². The van der Waals surface area contributed by atoms with Crippen LogP contribution >= 0.6 is 11.3 Å². The lowest BCUT2D eigenvalue weighted by Gasteiger charge is -2.11. The van der Waals surface area contributed by atoms with E-state index in [4.69, 9.17) is 30.0 Å². The number of rotatable bonds is 16. The molecule has 33 nitrogen and oxygen atoms in total. The number of phenolic OH excluding ortho intramolecular Hbond substituents is 1. The number of phenols is 1. The molecule has 0 aliphatic carbocycles. The first-order valence-electron chi connectivity index (χ1n) is 21.4. The van der Waals surface area contributed by atoms with E-state index in [9.17, 15) is 75.1 Å². The highest BCUT2D eigenvalue weighted by atomic mass is 32.2. The normalized spacial score (nSPS) is 12.5. The van der Waals surface area contributed by atoms with E-state index >= 15 is 0 Å². The average molecular weight is 1290 g/mol. The van der Waals surface area contributed by atoms with E-state index in [1.54, 1.807) is 6.92 Å². The average Bonchev–Trinajstić information content (AvgIpc) is 4.07. The Balaban J connectivity index is 0.00000127. The highest BCUT2D eigenvalue weighted by Gasteiger charge is 2.25. The summed E-state index contributed by atoms with van der Waals surface area (Å²) in [6, 6.07) is 16.5. The van der Waals surface area contributed by atoms with Crippen LogP contribution in [0.3, 0.4) is 0 Å². The van der Waals surface area contributed by atoms with Crippen LogP contribution in [0, 0.1) is 13.8 Å². The molecule has 0 amide bonds. The number of aromatic hydroxyl groups is 2. The summed E-state index contributed by atoms with van der Waals surface area (Å²) < 4.78 is 226. The fourth-order valence-electron chi connectivity index (χ4n) is 7.22. The molecule has 0 fully saturated rings. The summed E-state index contributed by atoms with van der Waals surface area (Å²) in [5, 5.41) is 50.6. The first-order chi connectivity index (χ1) is 37.9. The third-order valence-electron chi connectivity index (χ3n) is 10.5. The second-order valence-corrected chi connectivity index (χ2v) is 25.0. The van der Waals surface area contributed by atoms with Gasteiger partial charge in [-0.2, -0.15) is 51.9 Å². The fraction of sp³-hybridized carbons (Fsp3) is 0.122. The molecule has 0 bridgehead atoms. The molecular formula is C41H33N9O24S8. The van der Waals surface area contributed by atoms with E-state index in [2.05, 4.69) is 40.8 Å². The number of benzene rings is 6. The Bertz CT molecular complexity index is 4820. The van der Waals surface area contributed by atoms with Gasteiger partial charge >= 0.3 is 21.2 Å². The molecule has 82 heavy (non-hydrogen) atoms. The third kappa shape index (κ3) is 15.7. The lowest BCUT2D eigenvalue weighted by molar-refractivity contribution is 0.317. The van der Waals surface area contributed by atoms with Crippen molar-refractivity contribution in [2.45, 2.75) is 39.9 Å². The van der Waals surface area contributed by atoms with Crippen LogP contribution in [0.1, 0.15) is 17.7 Å². The lowest BCUT2D eigenvalue weighted by atomic mass is 10.1. The summed E-state index contributed by atoms with van der Waals surface area (Å²) in [5.74, 6) is -2.04. The molecular weight excluding hydrogens is 1260 g/mol. The summed E-state index contributed by atoms with van der Waals surface area (Å²) in [7, 11) is -30.3. The van der Waals surface area contributed by atoms with Crippen molar-refractivity contribution in [2.24, 2.45) is 30.7 Å². The summed E-state index contributed by atoms with van der Waals surface area (Å²) in [5.41, 5.74) is -0.291. The van der Waals surface area contributed by atoms with Crippen LogP contribution < -0.4 is 4.74 Å². The minimum absolute atomic E-state index is 0.0000255. The lowest BCUT2D eigenvalue weighted by Crippen LogP contribution is -2.08. The number of azo groups is 3. The van der Waals surface area contributed by atoms with E-state index < -0.39 is 110 Å². The van der Waals surface area contributed by atoms with Crippen molar-refractivity contribution in [1.82, 2.24) is 14.8 Å². The number of ether oxygens (including phenoxy) is 1. The molecule has 2 aromatic heterocycles. The summed E-state index contributed by atoms with van der Waals surface area (Å²) >= 11 is 0.833. The summed E-state index contributed by atoms with van der Waals surface area (Å²) in [6.45, 7) is 2.70. The van der Waals surface area contributed by atoms with Gasteiger partial charge in [0.25, 0.3) is 50.6 Å². The van der Waals surface area contributed by atoms with Crippen molar-refractivity contribution in [3.05, 3.63) is 96.2 Å². The van der Waals surface area contributed by atoms with Gasteiger partial charge in [-0.05, 0) is 91.9 Å². The van der Waals surface area contributed by atoms with Crippen LogP contribution in [0.25, 0.3) is 37.4 Å². The number of aryl methyl sites for hydroxylation is 2. The van der Waals surface area contributed by atoms with Crippen molar-refractivity contribution in [1.29, 1.82) is 0 Å². The number of nitrogens with zero attached hydrogens (tertiary/aromatic N) is 9. The Morgan fingerprint density at radius 3 is 1.79 bits per heavy atom. The van der Waals surface area contributed by atoms with Crippen LogP contribution in [-0.4, -0.2) is 127 Å². The van der Waals surface area contributed by atoms with E-state index in [-0.39, 0.29) is 94.7 Å². The molecule has 6 aromatic carbocycles. The number of fused-ring (bicyclic) bond motifs is 3. The molecule has 0 aliphatic heterocycles. The number of hydrogen-bond donors (Lipinski definition) is 7. The maximum absolute atomic E-state index is 12.9. The maximum Gasteiger partial charge on any atom is 0.425 e. The zero-order valence-corrected chi connectivity index (χ0v) is 47.1. The van der Waals surface area contributed by atoms with Crippen LogP contribution in [0.15, 0.2) is 135 Å². The Hall–Kier alpha value is -8.07. The third-order valence-corrected chi connectivity index (χ3v) is 16.0. The quantitative estimate of drug-likeness (QED) is 0.0300. The maximum atomic E-state index is 12.9. The standard InChI is InChI=1S/C41H33N9O18S6.2O3S/c1-20-15-32(33(68-13-4-14-70(53,54)55)19-31(20)45-48-41-42-29-5-3-6-34(38(29)69-41)72(59,60)61)46-43-28-11-10-27-26(37(28)51)9-12-30(39(27)74(65,66)67)44-47-36-21(2)49-50(40(36)52)23-7-8-25-22(16-23)17-24(71(56,57)58)18-35(25)73(62,63)64;2*1-4(2)3/h3,5-12,15-19,51-52H,4,13-14H2,1-2H3,(H,53,54,55)(H,56,57,58)(H,59,60,61)(H,62,63,64)(H,65,66,67);;. The van der Waals surface area contributed by atoms with Gasteiger partial charge in [0.05, 0.1) is 44.5 Å². The molecule has 8 aromatic rings. The predicted octanol–water partition coefficient (Wildman–Crippen LogP) is 6.70. The molecule has 2 heterocycles. The number of thiazole rings is 1. The summed E-state index contributed by atoms with van der Waals surface area (Å²) in [6.07, 6.45) is -0.171. The van der Waals surface area contributed by atoms with Crippen molar-refractivity contribution < 1.29 is 105 Å². The Kier molecular flexibility index (Phi) is 18.9. The molecule has 8 rings (SSSR count). The zero-order chi connectivity index (χ0) is 61.0. The van der Waals surface area contributed by atoms with Gasteiger partial charge in [0.2, 0.25) is 11.0 Å². The number of aromatic nitrogens is 3. The SMILES string of the molecule is Cc1cc(N=Nc2ccc3c(S(=O)(=O)O)c(N=Nc4c(C)nn(-c5ccc6c(S(=O)(=O)O)cc(S(=O)(=O)O)cc6c5)c4O)ccc3c2O)c(OCCCS(=O)(=O)O)cc1N=Nc1nc2cccc(S(=O)(=O)O)c2s1.O=S(=O)=O.O=S(=O)=O. The first-order valence-corrected chi connectivity index (χ1v) is 31.6. The fourth-order valence-corrected chi connectivity index (χ4v) is 11.7. The molecule has 41 heteroatoms. The van der Waals surface area contributed by atoms with Crippen molar-refractivity contribution in [2.75, 3.05) is 12.4 Å². The topological polar surface area (TPSA) is 529 Å². The molecule has 0 unspecified atom stereocenters. The molecule has 0 radical (unpaired) electrons. The first kappa shape index (κ1) is 63.1. The Labute approximate surface area is 467 Å². The van der Waals surface area contributed by atoms with Gasteiger partial charge < -0.3 is 14.9 Å². The monoisotopic (exact) mass is 1290 g/mol. The van der Waals surface area contributed by atoms with Crippen molar-refractivity contribution in [3.8, 4) is 23.1 Å². The molecule has 0 saturated carbocycles. The molecule has 0 saturated heterocycles. The Morgan fingerprint density at radius 1 is 0.598 bits per heavy atom. The van der Waals surface area contributed by atoms with Gasteiger partial charge in [0.15, 0.2) is 11.4 Å². The van der Waals surface area contributed by atoms with Gasteiger partial charge in [-0.1, -0.05) is 29.5 Å². The van der Waals surface area contributed by atoms with E-state index in [1.807, 2.05) is 0 Å². The second kappa shape index (κ2) is 24.6. The van der Waals surface area contributed by atoms with Gasteiger partial charge in [0.1, 0.15) is 37.5 Å². The minimum Gasteiger partial charge on any atom is -0.505 e. The van der Waals surface area contributed by atoms with Crippen LogP contribution in [-0.2, 0) is 71.8 Å². The van der Waals surface area contributed by atoms with E-state index in [1.165, 1.54) is 55.5 Å². The van der Waals surface area contributed by atoms with Crippen molar-refractivity contribution >= 4 is 148 Å². The van der Waals surface area contributed by atoms with Gasteiger partial charge in [-0.3, -0.25) is 22.8 Å². The summed E-state index contributed by atoms with van der Waals surface area (Å²) in [4.78, 5) is 1.31. The highest BCUT2D eigenvalue weighted by Crippen LogP contribution is 2.44. The molecule has 0 spiro atoms. The predicted molar refractivity (Wildman–Crippen MR) is 282 cm³/mol. The van der Waals surface area contributed by atoms with Crippen LogP contribution in [0.2, 0.25) is 0 Å². The Morgan fingerprint density at radius 2 is 1.18 bits per heavy atom. The number of hydrogen-bond acceptors (Lipinski definition) is 28. The second-order valence-electron chi connectivity index (χ2n) is 16.0. The largest absolute Gasteiger partial charge is 0.505 e. The van der Waals surface area contributed by atoms with Gasteiger partial charge in [-0.15, -0.1) is 55.9 Å². The van der Waals surface area contributed by atoms with E-state index in [0.717, 1.165) is 46.4 Å². The van der Waals surface area contributed by atoms with Crippen LogP contribution in [0.5, 0.6) is 17.4 Å². The zero-order valence-electron chi connectivity index (χ0n) is 40.6. The smallest absolute Gasteiger partial charge is 0.425 e. The molecule has 0 atom stereocenters. The molecule has 7 N–H and O–H groups in total. The van der Waals surface area contributed by atoms with E-state index in [0.29, 0.717) is 11.6 Å². The minimum atomic E-state index is -5.18. The van der Waals surface area contributed by atoms with Gasteiger partial charge in [0, 0.05) is 22.2 Å². The van der Waals surface area contributed by atoms with Gasteiger partial charge in [-0.25, -0.2) is 4.98 Å². The van der Waals surface area contributed by atoms with Crippen LogP contribution in [0.4, 0.5) is 33.6 Å².